The molecule has 2 heterocycles. The third-order valence-electron chi connectivity index (χ3n) is 8.40. The Morgan fingerprint density at radius 1 is 1.13 bits per heavy atom. The van der Waals surface area contributed by atoms with Gasteiger partial charge < -0.3 is 19.7 Å². The summed E-state index contributed by atoms with van der Waals surface area (Å²) in [7, 11) is 0.240. The quantitative estimate of drug-likeness (QED) is 0.222. The number of sulfonamides is 1. The second kappa shape index (κ2) is 14.1. The van der Waals surface area contributed by atoms with Gasteiger partial charge in [-0.1, -0.05) is 24.4 Å². The average Bonchev–Trinajstić information content (AvgIpc) is 3.53. The molecular formula is C30H36ClF4N5O4S2. The average molecular weight is 706 g/mol. The van der Waals surface area contributed by atoms with Crippen molar-refractivity contribution in [1.82, 2.24) is 14.8 Å². The fourth-order valence-corrected chi connectivity index (χ4v) is 8.79. The molecule has 0 amide bonds. The molecule has 5 rings (SSSR count). The maximum atomic E-state index is 15.9. The highest BCUT2D eigenvalue weighted by atomic mass is 35.5. The number of likely N-dealkylation sites (tertiary alicyclic amines) is 1. The van der Waals surface area contributed by atoms with Crippen LogP contribution in [0.15, 0.2) is 46.8 Å². The van der Waals surface area contributed by atoms with Gasteiger partial charge in [-0.05, 0) is 44.2 Å². The number of anilines is 2. The molecule has 2 atom stereocenters. The number of nitrogens with zero attached hydrogens (tertiary/aromatic N) is 4. The van der Waals surface area contributed by atoms with Crippen LogP contribution < -0.4 is 19.1 Å². The Morgan fingerprint density at radius 2 is 1.87 bits per heavy atom. The third-order valence-corrected chi connectivity index (χ3v) is 11.4. The Balaban J connectivity index is 1.44. The van der Waals surface area contributed by atoms with E-state index in [4.69, 9.17) is 21.1 Å². The number of hydrogen-bond donors (Lipinski definition) is 1. The van der Waals surface area contributed by atoms with Crippen molar-refractivity contribution in [3.8, 4) is 11.5 Å². The molecule has 2 aliphatic rings. The fourth-order valence-electron chi connectivity index (χ4n) is 6.16. The van der Waals surface area contributed by atoms with Crippen LogP contribution in [0.5, 0.6) is 11.5 Å². The number of nitrogens with one attached hydrogen (secondary N) is 1. The first-order chi connectivity index (χ1) is 21.8. The summed E-state index contributed by atoms with van der Waals surface area (Å²) >= 11 is 7.65. The third kappa shape index (κ3) is 7.64. The highest BCUT2D eigenvalue weighted by Crippen LogP contribution is 2.37. The van der Waals surface area contributed by atoms with Gasteiger partial charge in [-0.25, -0.2) is 22.1 Å². The maximum Gasteiger partial charge on any atom is 0.401 e. The molecule has 0 unspecified atom stereocenters. The summed E-state index contributed by atoms with van der Waals surface area (Å²) in [5, 5.41) is 4.81. The van der Waals surface area contributed by atoms with Crippen molar-refractivity contribution in [3.63, 3.8) is 0 Å². The molecule has 252 valence electrons. The largest absolute Gasteiger partial charge is 0.497 e. The molecule has 2 fully saturated rings. The molecule has 1 saturated heterocycles. The van der Waals surface area contributed by atoms with Crippen molar-refractivity contribution >= 4 is 43.8 Å². The number of thiazole rings is 1. The van der Waals surface area contributed by atoms with E-state index in [9.17, 15) is 21.6 Å². The van der Waals surface area contributed by atoms with Crippen LogP contribution in [0, 0.1) is 5.82 Å². The van der Waals surface area contributed by atoms with Crippen molar-refractivity contribution in [3.05, 3.63) is 58.3 Å². The number of ether oxygens (including phenoxy) is 2. The minimum atomic E-state index is -4.55. The Morgan fingerprint density at radius 3 is 2.50 bits per heavy atom. The van der Waals surface area contributed by atoms with E-state index >= 15 is 4.39 Å². The Bertz CT molecular complexity index is 1610. The van der Waals surface area contributed by atoms with Crippen LogP contribution in [0.2, 0.25) is 5.02 Å². The standard InChI is InChI=1S/C30H36ClF4N5O4S2/c1-38-16-20(17-38)39(18-30(33,34)35)26-7-5-4-6-24(26)37-25-14-23(32)28(13-22(25)31)46(41,42)40(29-36-10-11-45-29)15-19-8-9-21(43-2)12-27(19)44-3/h8-14,20,24,26,37H,4-7,15-18H2,1-3H3/t24-,26-/m0/s1. The van der Waals surface area contributed by atoms with Gasteiger partial charge >= 0.3 is 6.18 Å². The predicted molar refractivity (Wildman–Crippen MR) is 170 cm³/mol. The Labute approximate surface area is 275 Å². The lowest BCUT2D eigenvalue weighted by Gasteiger charge is -2.50. The molecule has 1 aromatic heterocycles. The topological polar surface area (TPSA) is 87.2 Å². The lowest BCUT2D eigenvalue weighted by molar-refractivity contribution is -0.166. The van der Waals surface area contributed by atoms with Crippen LogP contribution in [-0.4, -0.2) is 88.4 Å². The van der Waals surface area contributed by atoms with Gasteiger partial charge in [-0.3, -0.25) is 4.90 Å². The SMILES string of the molecule is COc1ccc(CN(c2nccs2)S(=O)(=O)c2cc(Cl)c(N[C@H]3CCCC[C@@H]3N(CC(F)(F)F)C3CN(C)C3)cc2F)c(OC)c1. The van der Waals surface area contributed by atoms with Crippen LogP contribution in [0.4, 0.5) is 28.4 Å². The molecular weight excluding hydrogens is 670 g/mol. The van der Waals surface area contributed by atoms with E-state index in [-0.39, 0.29) is 28.4 Å². The van der Waals surface area contributed by atoms with Crippen LogP contribution >= 0.6 is 22.9 Å². The molecule has 46 heavy (non-hydrogen) atoms. The first-order valence-corrected chi connectivity index (χ1v) is 17.4. The molecule has 0 radical (unpaired) electrons. The predicted octanol–water partition coefficient (Wildman–Crippen LogP) is 6.25. The van der Waals surface area contributed by atoms with Gasteiger partial charge in [0.1, 0.15) is 22.2 Å². The van der Waals surface area contributed by atoms with Gasteiger partial charge in [0, 0.05) is 54.4 Å². The van der Waals surface area contributed by atoms with Crippen molar-refractivity contribution in [2.75, 3.05) is 50.5 Å². The summed E-state index contributed by atoms with van der Waals surface area (Å²) in [6.45, 7) is -0.215. The Hall–Kier alpha value is -2.85. The molecule has 1 aliphatic carbocycles. The lowest BCUT2D eigenvalue weighted by Crippen LogP contribution is -2.65. The monoisotopic (exact) mass is 705 g/mol. The number of benzene rings is 2. The number of likely N-dealkylation sites (N-methyl/N-ethyl adjacent to an activating group) is 1. The van der Waals surface area contributed by atoms with Crippen LogP contribution in [0.3, 0.4) is 0 Å². The zero-order valence-corrected chi connectivity index (χ0v) is 27.9. The van der Waals surface area contributed by atoms with Gasteiger partial charge in [-0.15, -0.1) is 11.3 Å². The van der Waals surface area contributed by atoms with Crippen molar-refractivity contribution in [2.24, 2.45) is 0 Å². The molecule has 1 aliphatic heterocycles. The lowest BCUT2D eigenvalue weighted by atomic mass is 9.87. The van der Waals surface area contributed by atoms with E-state index in [2.05, 4.69) is 10.3 Å². The highest BCUT2D eigenvalue weighted by molar-refractivity contribution is 7.93. The van der Waals surface area contributed by atoms with E-state index in [1.807, 2.05) is 11.9 Å². The van der Waals surface area contributed by atoms with Crippen LogP contribution in [0.25, 0.3) is 0 Å². The number of rotatable bonds is 12. The second-order valence-electron chi connectivity index (χ2n) is 11.5. The van der Waals surface area contributed by atoms with Crippen molar-refractivity contribution in [2.45, 2.75) is 61.4 Å². The summed E-state index contributed by atoms with van der Waals surface area (Å²) in [6, 6.07) is 5.78. The maximum absolute atomic E-state index is 15.9. The minimum Gasteiger partial charge on any atom is -0.497 e. The molecule has 2 aromatic carbocycles. The van der Waals surface area contributed by atoms with Crippen molar-refractivity contribution in [1.29, 1.82) is 0 Å². The zero-order valence-electron chi connectivity index (χ0n) is 25.6. The summed E-state index contributed by atoms with van der Waals surface area (Å²) in [5.41, 5.74) is 0.599. The second-order valence-corrected chi connectivity index (χ2v) is 14.6. The van der Waals surface area contributed by atoms with E-state index in [0.29, 0.717) is 43.0 Å². The molecule has 1 N–H and O–H groups in total. The zero-order chi connectivity index (χ0) is 33.2. The Kier molecular flexibility index (Phi) is 10.6. The van der Waals surface area contributed by atoms with Crippen molar-refractivity contribution < 1.29 is 35.5 Å². The summed E-state index contributed by atoms with van der Waals surface area (Å²) in [6.07, 6.45) is -0.296. The minimum absolute atomic E-state index is 0.0730. The van der Waals surface area contributed by atoms with Gasteiger partial charge in [0.25, 0.3) is 10.0 Å². The van der Waals surface area contributed by atoms with E-state index in [0.717, 1.165) is 40.6 Å². The first-order valence-electron chi connectivity index (χ1n) is 14.7. The molecule has 0 bridgehead atoms. The van der Waals surface area contributed by atoms with Crippen LogP contribution in [0.1, 0.15) is 31.2 Å². The molecule has 16 heteroatoms. The van der Waals surface area contributed by atoms with Crippen LogP contribution in [-0.2, 0) is 16.6 Å². The smallest absolute Gasteiger partial charge is 0.401 e. The summed E-state index contributed by atoms with van der Waals surface area (Å²) < 4.78 is 96.6. The van der Waals surface area contributed by atoms with E-state index in [1.165, 1.54) is 25.3 Å². The van der Waals surface area contributed by atoms with Gasteiger partial charge in [-0.2, -0.15) is 13.2 Å². The summed E-state index contributed by atoms with van der Waals surface area (Å²) in [5.74, 6) is -0.188. The van der Waals surface area contributed by atoms with E-state index < -0.39 is 45.5 Å². The first kappa shape index (κ1) is 34.5. The highest BCUT2D eigenvalue weighted by Gasteiger charge is 2.44. The van der Waals surface area contributed by atoms with E-state index in [1.54, 1.807) is 23.6 Å². The normalized spacial score (nSPS) is 19.6. The number of halogens is 5. The number of hydrogen-bond acceptors (Lipinski definition) is 9. The number of methoxy groups -OCH3 is 2. The molecule has 0 spiro atoms. The molecule has 9 nitrogen and oxygen atoms in total. The number of aromatic nitrogens is 1. The summed E-state index contributed by atoms with van der Waals surface area (Å²) in [4.78, 5) is 6.98. The van der Waals surface area contributed by atoms with Gasteiger partial charge in [0.2, 0.25) is 0 Å². The molecule has 1 saturated carbocycles. The molecule has 3 aromatic rings. The van der Waals surface area contributed by atoms with Gasteiger partial charge in [0.15, 0.2) is 5.13 Å². The van der Waals surface area contributed by atoms with Gasteiger partial charge in [0.05, 0.1) is 38.0 Å². The fraction of sp³-hybridized carbons (Fsp3) is 0.500. The number of alkyl halides is 3.